The standard InChI is InChI=1S/C20H22N2O3/c1-11(2)12-5-7-15(8-6-12)21-16(23)10-22-19(24)17-13-3-4-14(9-13)18(17)20(22)25/h3-8,11,13-14,17-18H,9-10H2,1-2H3,(H,21,23). The fraction of sp³-hybridized carbons (Fsp3) is 0.450. The summed E-state index contributed by atoms with van der Waals surface area (Å²) in [6.45, 7) is 4.02. The van der Waals surface area contributed by atoms with Crippen LogP contribution in [-0.4, -0.2) is 29.2 Å². The van der Waals surface area contributed by atoms with Gasteiger partial charge in [0.15, 0.2) is 0 Å². The Balaban J connectivity index is 1.41. The summed E-state index contributed by atoms with van der Waals surface area (Å²) in [6.07, 6.45) is 5.00. The van der Waals surface area contributed by atoms with Crippen LogP contribution in [0.2, 0.25) is 0 Å². The lowest BCUT2D eigenvalue weighted by Gasteiger charge is -2.17. The van der Waals surface area contributed by atoms with Crippen LogP contribution in [0.3, 0.4) is 0 Å². The number of hydrogen-bond donors (Lipinski definition) is 1. The third-order valence-corrected chi connectivity index (χ3v) is 5.72. The second kappa shape index (κ2) is 5.83. The Labute approximate surface area is 147 Å². The summed E-state index contributed by atoms with van der Waals surface area (Å²) < 4.78 is 0. The number of amides is 3. The highest BCUT2D eigenvalue weighted by Gasteiger charge is 2.59. The molecule has 3 amide bonds. The van der Waals surface area contributed by atoms with Crippen molar-refractivity contribution < 1.29 is 14.4 Å². The van der Waals surface area contributed by atoms with Crippen molar-refractivity contribution in [1.29, 1.82) is 0 Å². The van der Waals surface area contributed by atoms with Gasteiger partial charge in [-0.05, 0) is 41.9 Å². The van der Waals surface area contributed by atoms with E-state index in [1.807, 2.05) is 24.3 Å². The van der Waals surface area contributed by atoms with Gasteiger partial charge >= 0.3 is 0 Å². The molecular formula is C20H22N2O3. The lowest BCUT2D eigenvalue weighted by molar-refractivity contribution is -0.143. The van der Waals surface area contributed by atoms with Crippen LogP contribution in [0.1, 0.15) is 31.7 Å². The lowest BCUT2D eigenvalue weighted by Crippen LogP contribution is -2.39. The maximum absolute atomic E-state index is 12.6. The second-order valence-electron chi connectivity index (χ2n) is 7.59. The predicted octanol–water partition coefficient (Wildman–Crippen LogP) is 2.56. The molecule has 1 aliphatic heterocycles. The molecule has 2 fully saturated rings. The number of imide groups is 1. The van der Waals surface area contributed by atoms with Gasteiger partial charge in [0.05, 0.1) is 11.8 Å². The van der Waals surface area contributed by atoms with Crippen LogP contribution in [0.5, 0.6) is 0 Å². The van der Waals surface area contributed by atoms with E-state index in [4.69, 9.17) is 0 Å². The van der Waals surface area contributed by atoms with Crippen molar-refractivity contribution >= 4 is 23.4 Å². The van der Waals surface area contributed by atoms with E-state index in [-0.39, 0.29) is 47.9 Å². The summed E-state index contributed by atoms with van der Waals surface area (Å²) in [5, 5.41) is 2.78. The van der Waals surface area contributed by atoms with Crippen LogP contribution in [0.15, 0.2) is 36.4 Å². The van der Waals surface area contributed by atoms with E-state index in [0.717, 1.165) is 11.3 Å². The first kappa shape index (κ1) is 16.1. The molecule has 130 valence electrons. The Morgan fingerprint density at radius 1 is 1.08 bits per heavy atom. The molecule has 1 aromatic carbocycles. The van der Waals surface area contributed by atoms with E-state index in [9.17, 15) is 14.4 Å². The topological polar surface area (TPSA) is 66.5 Å². The third kappa shape index (κ3) is 2.58. The normalized spacial score (nSPS) is 29.6. The fourth-order valence-electron chi connectivity index (χ4n) is 4.42. The number of nitrogens with one attached hydrogen (secondary N) is 1. The molecule has 4 unspecified atom stereocenters. The van der Waals surface area contributed by atoms with Gasteiger partial charge in [0.2, 0.25) is 17.7 Å². The van der Waals surface area contributed by atoms with Crippen molar-refractivity contribution in [3.8, 4) is 0 Å². The first-order valence-corrected chi connectivity index (χ1v) is 8.89. The van der Waals surface area contributed by atoms with Crippen molar-refractivity contribution in [3.63, 3.8) is 0 Å². The number of hydrogen-bond acceptors (Lipinski definition) is 3. The molecule has 3 aliphatic rings. The van der Waals surface area contributed by atoms with Gasteiger partial charge in [-0.3, -0.25) is 19.3 Å². The van der Waals surface area contributed by atoms with Gasteiger partial charge < -0.3 is 5.32 Å². The van der Waals surface area contributed by atoms with Crippen molar-refractivity contribution in [1.82, 2.24) is 4.90 Å². The zero-order valence-electron chi connectivity index (χ0n) is 14.4. The average Bonchev–Trinajstić information content (AvgIpc) is 3.25. The number of benzene rings is 1. The number of rotatable bonds is 4. The minimum Gasteiger partial charge on any atom is -0.325 e. The highest BCUT2D eigenvalue weighted by atomic mass is 16.2. The van der Waals surface area contributed by atoms with Gasteiger partial charge in [-0.25, -0.2) is 0 Å². The number of carbonyl (C=O) groups excluding carboxylic acids is 3. The number of likely N-dealkylation sites (tertiary alicyclic amines) is 1. The van der Waals surface area contributed by atoms with Crippen molar-refractivity contribution in [2.75, 3.05) is 11.9 Å². The summed E-state index contributed by atoms with van der Waals surface area (Å²) >= 11 is 0. The highest BCUT2D eigenvalue weighted by molar-refractivity contribution is 6.09. The largest absolute Gasteiger partial charge is 0.325 e. The van der Waals surface area contributed by atoms with E-state index in [2.05, 4.69) is 31.3 Å². The first-order chi connectivity index (χ1) is 12.0. The quantitative estimate of drug-likeness (QED) is 0.678. The minimum absolute atomic E-state index is 0.170. The summed E-state index contributed by atoms with van der Waals surface area (Å²) in [5.41, 5.74) is 1.87. The lowest BCUT2D eigenvalue weighted by atomic mass is 9.85. The molecular weight excluding hydrogens is 316 g/mol. The monoisotopic (exact) mass is 338 g/mol. The number of anilines is 1. The van der Waals surface area contributed by atoms with E-state index < -0.39 is 0 Å². The van der Waals surface area contributed by atoms with Gasteiger partial charge in [0.25, 0.3) is 0 Å². The van der Waals surface area contributed by atoms with Gasteiger partial charge in [-0.15, -0.1) is 0 Å². The Hall–Kier alpha value is -2.43. The van der Waals surface area contributed by atoms with Gasteiger partial charge in [-0.2, -0.15) is 0 Å². The van der Waals surface area contributed by atoms with Crippen LogP contribution < -0.4 is 5.32 Å². The third-order valence-electron chi connectivity index (χ3n) is 5.72. The van der Waals surface area contributed by atoms with Gasteiger partial charge in [-0.1, -0.05) is 38.1 Å². The Bertz CT molecular complexity index is 736. The molecule has 1 saturated heterocycles. The Kier molecular flexibility index (Phi) is 3.74. The molecule has 2 bridgehead atoms. The van der Waals surface area contributed by atoms with E-state index in [0.29, 0.717) is 11.6 Å². The minimum atomic E-state index is -0.334. The maximum atomic E-state index is 12.6. The smallest absolute Gasteiger partial charge is 0.244 e. The zero-order valence-corrected chi connectivity index (χ0v) is 14.4. The molecule has 0 aromatic heterocycles. The summed E-state index contributed by atoms with van der Waals surface area (Å²) in [4.78, 5) is 38.6. The first-order valence-electron chi connectivity index (χ1n) is 8.89. The van der Waals surface area contributed by atoms with Crippen molar-refractivity contribution in [2.24, 2.45) is 23.7 Å². The molecule has 1 saturated carbocycles. The van der Waals surface area contributed by atoms with Crippen LogP contribution in [0, 0.1) is 23.7 Å². The van der Waals surface area contributed by atoms with Crippen LogP contribution >= 0.6 is 0 Å². The van der Waals surface area contributed by atoms with Crippen molar-refractivity contribution in [2.45, 2.75) is 26.2 Å². The second-order valence-corrected chi connectivity index (χ2v) is 7.59. The number of carbonyl (C=O) groups is 3. The van der Waals surface area contributed by atoms with Gasteiger partial charge in [0.1, 0.15) is 6.54 Å². The molecule has 4 atom stereocenters. The molecule has 1 aromatic rings. The van der Waals surface area contributed by atoms with Crippen LogP contribution in [0.25, 0.3) is 0 Å². The SMILES string of the molecule is CC(C)c1ccc(NC(=O)CN2C(=O)C3C4C=CC(C4)C3C2=O)cc1. The molecule has 0 spiro atoms. The molecule has 1 heterocycles. The van der Waals surface area contributed by atoms with E-state index >= 15 is 0 Å². The maximum Gasteiger partial charge on any atom is 0.244 e. The van der Waals surface area contributed by atoms with Crippen LogP contribution in [0.4, 0.5) is 5.69 Å². The average molecular weight is 338 g/mol. The van der Waals surface area contributed by atoms with E-state index in [1.54, 1.807) is 0 Å². The molecule has 1 N–H and O–H groups in total. The molecule has 0 radical (unpaired) electrons. The summed E-state index contributed by atoms with van der Waals surface area (Å²) in [7, 11) is 0. The van der Waals surface area contributed by atoms with E-state index in [1.165, 1.54) is 5.56 Å². The number of allylic oxidation sites excluding steroid dienone is 2. The fourth-order valence-corrected chi connectivity index (χ4v) is 4.42. The van der Waals surface area contributed by atoms with Crippen molar-refractivity contribution in [3.05, 3.63) is 42.0 Å². The molecule has 25 heavy (non-hydrogen) atoms. The highest BCUT2D eigenvalue weighted by Crippen LogP contribution is 2.52. The molecule has 5 heteroatoms. The molecule has 2 aliphatic carbocycles. The number of nitrogens with zero attached hydrogens (tertiary/aromatic N) is 1. The summed E-state index contributed by atoms with van der Waals surface area (Å²) in [5.74, 6) is -0.436. The molecule has 4 rings (SSSR count). The molecule has 5 nitrogen and oxygen atoms in total. The summed E-state index contributed by atoms with van der Waals surface area (Å²) in [6, 6.07) is 7.64. The number of fused-ring (bicyclic) bond motifs is 5. The Morgan fingerprint density at radius 2 is 1.64 bits per heavy atom. The zero-order chi connectivity index (χ0) is 17.7. The van der Waals surface area contributed by atoms with Gasteiger partial charge in [0, 0.05) is 5.69 Å². The van der Waals surface area contributed by atoms with Crippen LogP contribution in [-0.2, 0) is 14.4 Å². The Morgan fingerprint density at radius 3 is 2.16 bits per heavy atom. The predicted molar refractivity (Wildman–Crippen MR) is 93.6 cm³/mol.